The standard InChI is InChI=1S/C23H24N4O5/c1-31-16-7-8-17(20(13-16)32-2)23(30)26-11-9-25(10-12-26)22(29)15-27-19-6-4-3-5-18(19)24-14-21(27)28/h3-8,13-14H,9-12,15H2,1-2H3. The Morgan fingerprint density at radius 1 is 0.969 bits per heavy atom. The van der Waals surface area contributed by atoms with Crippen molar-refractivity contribution in [2.45, 2.75) is 6.54 Å². The van der Waals surface area contributed by atoms with E-state index in [4.69, 9.17) is 9.47 Å². The van der Waals surface area contributed by atoms with Crippen molar-refractivity contribution in [3.63, 3.8) is 0 Å². The average molecular weight is 436 g/mol. The summed E-state index contributed by atoms with van der Waals surface area (Å²) in [7, 11) is 3.06. The van der Waals surface area contributed by atoms with Gasteiger partial charge in [-0.25, -0.2) is 4.98 Å². The zero-order valence-corrected chi connectivity index (χ0v) is 18.0. The van der Waals surface area contributed by atoms with E-state index < -0.39 is 0 Å². The SMILES string of the molecule is COc1ccc(C(=O)N2CCN(C(=O)Cn3c(=O)cnc4ccccc43)CC2)c(OC)c1. The van der Waals surface area contributed by atoms with Crippen LogP contribution in [-0.2, 0) is 11.3 Å². The lowest BCUT2D eigenvalue weighted by atomic mass is 10.1. The van der Waals surface area contributed by atoms with Gasteiger partial charge in [0.15, 0.2) is 0 Å². The fourth-order valence-electron chi connectivity index (χ4n) is 3.82. The number of nitrogens with zero attached hydrogens (tertiary/aromatic N) is 4. The summed E-state index contributed by atoms with van der Waals surface area (Å²) in [6.07, 6.45) is 1.23. The fraction of sp³-hybridized carbons (Fsp3) is 0.304. The van der Waals surface area contributed by atoms with Gasteiger partial charge >= 0.3 is 0 Å². The zero-order chi connectivity index (χ0) is 22.7. The molecule has 1 fully saturated rings. The van der Waals surface area contributed by atoms with E-state index in [1.165, 1.54) is 17.9 Å². The number of rotatable bonds is 5. The van der Waals surface area contributed by atoms with E-state index in [2.05, 4.69) is 4.98 Å². The Kier molecular flexibility index (Phi) is 6.07. The van der Waals surface area contributed by atoms with Crippen LogP contribution in [0, 0.1) is 0 Å². The second kappa shape index (κ2) is 9.09. The second-order valence-corrected chi connectivity index (χ2v) is 7.41. The van der Waals surface area contributed by atoms with Gasteiger partial charge in [-0.3, -0.25) is 19.0 Å². The Morgan fingerprint density at radius 3 is 2.41 bits per heavy atom. The Labute approximate surface area is 184 Å². The van der Waals surface area contributed by atoms with Crippen LogP contribution < -0.4 is 15.0 Å². The van der Waals surface area contributed by atoms with E-state index in [-0.39, 0.29) is 23.9 Å². The Bertz CT molecular complexity index is 1210. The predicted octanol–water partition coefficient (Wildman–Crippen LogP) is 1.40. The molecule has 0 bridgehead atoms. The van der Waals surface area contributed by atoms with Gasteiger partial charge < -0.3 is 19.3 Å². The molecule has 0 N–H and O–H groups in total. The molecule has 2 amide bonds. The summed E-state index contributed by atoms with van der Waals surface area (Å²) in [4.78, 5) is 45.7. The first-order valence-electron chi connectivity index (χ1n) is 10.3. The molecule has 0 saturated carbocycles. The molecule has 9 nitrogen and oxygen atoms in total. The normalized spacial score (nSPS) is 13.8. The van der Waals surface area contributed by atoms with Crippen LogP contribution in [0.4, 0.5) is 0 Å². The molecule has 0 unspecified atom stereocenters. The van der Waals surface area contributed by atoms with Gasteiger partial charge in [-0.2, -0.15) is 0 Å². The van der Waals surface area contributed by atoms with Gasteiger partial charge in [0.1, 0.15) is 18.0 Å². The summed E-state index contributed by atoms with van der Waals surface area (Å²) in [5, 5.41) is 0. The number of carbonyl (C=O) groups excluding carboxylic acids is 2. The maximum absolute atomic E-state index is 13.0. The molecule has 1 aliphatic heterocycles. The molecule has 0 spiro atoms. The van der Waals surface area contributed by atoms with E-state index >= 15 is 0 Å². The minimum Gasteiger partial charge on any atom is -0.497 e. The van der Waals surface area contributed by atoms with Crippen LogP contribution in [0.25, 0.3) is 11.0 Å². The Morgan fingerprint density at radius 2 is 1.69 bits per heavy atom. The minimum atomic E-state index is -0.322. The number of carbonyl (C=O) groups is 2. The van der Waals surface area contributed by atoms with Crippen LogP contribution in [0.5, 0.6) is 11.5 Å². The van der Waals surface area contributed by atoms with Crippen molar-refractivity contribution in [1.82, 2.24) is 19.4 Å². The second-order valence-electron chi connectivity index (χ2n) is 7.41. The van der Waals surface area contributed by atoms with Crippen molar-refractivity contribution in [3.05, 3.63) is 64.6 Å². The fourth-order valence-corrected chi connectivity index (χ4v) is 3.82. The van der Waals surface area contributed by atoms with Gasteiger partial charge in [-0.05, 0) is 24.3 Å². The Hall–Kier alpha value is -3.88. The van der Waals surface area contributed by atoms with Gasteiger partial charge in [0.25, 0.3) is 11.5 Å². The topological polar surface area (TPSA) is 94.0 Å². The summed E-state index contributed by atoms with van der Waals surface area (Å²) in [5.41, 5.74) is 1.40. The molecular weight excluding hydrogens is 412 g/mol. The number of hydrogen-bond acceptors (Lipinski definition) is 6. The van der Waals surface area contributed by atoms with E-state index in [9.17, 15) is 14.4 Å². The van der Waals surface area contributed by atoms with Gasteiger partial charge in [0.05, 0.1) is 37.0 Å². The summed E-state index contributed by atoms with van der Waals surface area (Å²) < 4.78 is 12.0. The van der Waals surface area contributed by atoms with E-state index in [1.807, 2.05) is 12.1 Å². The lowest BCUT2D eigenvalue weighted by molar-refractivity contribution is -0.133. The lowest BCUT2D eigenvalue weighted by Crippen LogP contribution is -2.51. The molecule has 32 heavy (non-hydrogen) atoms. The number of hydrogen-bond donors (Lipinski definition) is 0. The molecular formula is C23H24N4O5. The van der Waals surface area contributed by atoms with Crippen molar-refractivity contribution < 1.29 is 19.1 Å². The summed E-state index contributed by atoms with van der Waals surface area (Å²) in [6.45, 7) is 1.50. The number of fused-ring (bicyclic) bond motifs is 1. The monoisotopic (exact) mass is 436 g/mol. The van der Waals surface area contributed by atoms with Gasteiger partial charge in [0, 0.05) is 32.2 Å². The quantitative estimate of drug-likeness (QED) is 0.600. The number of ether oxygens (including phenoxy) is 2. The van der Waals surface area contributed by atoms with Gasteiger partial charge in [0.2, 0.25) is 5.91 Å². The van der Waals surface area contributed by atoms with Crippen molar-refractivity contribution in [3.8, 4) is 11.5 Å². The molecule has 1 saturated heterocycles. The number of amides is 2. The van der Waals surface area contributed by atoms with Crippen molar-refractivity contribution in [1.29, 1.82) is 0 Å². The van der Waals surface area contributed by atoms with Crippen molar-refractivity contribution in [2.24, 2.45) is 0 Å². The smallest absolute Gasteiger partial charge is 0.269 e. The van der Waals surface area contributed by atoms with Crippen LogP contribution in [0.2, 0.25) is 0 Å². The van der Waals surface area contributed by atoms with Crippen molar-refractivity contribution >= 4 is 22.8 Å². The van der Waals surface area contributed by atoms with Crippen LogP contribution in [-0.4, -0.2) is 71.6 Å². The van der Waals surface area contributed by atoms with Gasteiger partial charge in [-0.1, -0.05) is 12.1 Å². The maximum Gasteiger partial charge on any atom is 0.269 e. The first kappa shape index (κ1) is 21.4. The highest BCUT2D eigenvalue weighted by molar-refractivity contribution is 5.97. The number of aromatic nitrogens is 2. The maximum atomic E-state index is 13.0. The molecule has 0 radical (unpaired) electrons. The molecule has 9 heteroatoms. The molecule has 2 heterocycles. The first-order chi connectivity index (χ1) is 15.5. The molecule has 0 aliphatic carbocycles. The summed E-state index contributed by atoms with van der Waals surface area (Å²) in [6, 6.07) is 12.3. The molecule has 1 aromatic heterocycles. The van der Waals surface area contributed by atoms with Crippen LogP contribution in [0.15, 0.2) is 53.5 Å². The first-order valence-corrected chi connectivity index (χ1v) is 10.3. The highest BCUT2D eigenvalue weighted by Crippen LogP contribution is 2.26. The summed E-state index contributed by atoms with van der Waals surface area (Å²) >= 11 is 0. The zero-order valence-electron chi connectivity index (χ0n) is 18.0. The average Bonchev–Trinajstić information content (AvgIpc) is 2.85. The van der Waals surface area contributed by atoms with Crippen molar-refractivity contribution in [2.75, 3.05) is 40.4 Å². The molecule has 3 aromatic rings. The summed E-state index contributed by atoms with van der Waals surface area (Å²) in [5.74, 6) is 0.718. The van der Waals surface area contributed by atoms with Crippen LogP contribution >= 0.6 is 0 Å². The number of para-hydroxylation sites is 2. The third-order valence-corrected chi connectivity index (χ3v) is 5.60. The van der Waals surface area contributed by atoms with Gasteiger partial charge in [-0.15, -0.1) is 0 Å². The van der Waals surface area contributed by atoms with Crippen LogP contribution in [0.1, 0.15) is 10.4 Å². The lowest BCUT2D eigenvalue weighted by Gasteiger charge is -2.35. The highest BCUT2D eigenvalue weighted by atomic mass is 16.5. The number of methoxy groups -OCH3 is 2. The molecule has 1 aliphatic rings. The Balaban J connectivity index is 1.43. The highest BCUT2D eigenvalue weighted by Gasteiger charge is 2.27. The largest absolute Gasteiger partial charge is 0.497 e. The number of piperazine rings is 1. The molecule has 166 valence electrons. The molecule has 2 aromatic carbocycles. The minimum absolute atomic E-state index is 0.0673. The van der Waals surface area contributed by atoms with E-state index in [0.29, 0.717) is 54.3 Å². The third-order valence-electron chi connectivity index (χ3n) is 5.60. The third kappa shape index (κ3) is 4.14. The van der Waals surface area contributed by atoms with Crippen LogP contribution in [0.3, 0.4) is 0 Å². The van der Waals surface area contributed by atoms with E-state index in [0.717, 1.165) is 0 Å². The number of benzene rings is 2. The molecule has 0 atom stereocenters. The molecule has 4 rings (SSSR count). The van der Waals surface area contributed by atoms with E-state index in [1.54, 1.807) is 47.2 Å². The predicted molar refractivity (Wildman–Crippen MR) is 118 cm³/mol.